The fourth-order valence-corrected chi connectivity index (χ4v) is 2.11. The van der Waals surface area contributed by atoms with Gasteiger partial charge in [0.05, 0.1) is 0 Å². The van der Waals surface area contributed by atoms with Crippen LogP contribution in [0.15, 0.2) is 24.3 Å². The second kappa shape index (κ2) is 6.89. The lowest BCUT2D eigenvalue weighted by Gasteiger charge is -2.12. The van der Waals surface area contributed by atoms with Gasteiger partial charge in [0.25, 0.3) is 0 Å². The zero-order valence-electron chi connectivity index (χ0n) is 10.0. The largest absolute Gasteiger partial charge is 0.573 e. The van der Waals surface area contributed by atoms with E-state index in [-0.39, 0.29) is 11.8 Å². The molecule has 1 aromatic carbocycles. The third-order valence-electron chi connectivity index (χ3n) is 2.19. The van der Waals surface area contributed by atoms with Crippen molar-refractivity contribution in [2.45, 2.75) is 25.7 Å². The van der Waals surface area contributed by atoms with Gasteiger partial charge in [0.15, 0.2) is 0 Å². The summed E-state index contributed by atoms with van der Waals surface area (Å²) >= 11 is 1.75. The Morgan fingerprint density at radius 3 is 2.39 bits per heavy atom. The fourth-order valence-electron chi connectivity index (χ4n) is 1.46. The third-order valence-corrected chi connectivity index (χ3v) is 3.26. The molecule has 0 heterocycles. The highest BCUT2D eigenvalue weighted by atomic mass is 32.2. The molecule has 2 nitrogen and oxygen atoms in total. The van der Waals surface area contributed by atoms with E-state index in [1.54, 1.807) is 23.9 Å². The molecule has 0 radical (unpaired) electrons. The molecule has 0 saturated heterocycles. The van der Waals surface area contributed by atoms with E-state index in [0.717, 1.165) is 17.1 Å². The van der Waals surface area contributed by atoms with E-state index in [1.807, 2.05) is 0 Å². The van der Waals surface area contributed by atoms with Gasteiger partial charge in [-0.2, -0.15) is 11.8 Å². The third kappa shape index (κ3) is 6.16. The molecule has 0 aliphatic rings. The minimum absolute atomic E-state index is 0.0179. The van der Waals surface area contributed by atoms with E-state index in [1.165, 1.54) is 12.1 Å². The average molecular weight is 279 g/mol. The molecule has 0 aromatic heterocycles. The van der Waals surface area contributed by atoms with Crippen molar-refractivity contribution in [1.29, 1.82) is 0 Å². The van der Waals surface area contributed by atoms with Gasteiger partial charge in [-0.15, -0.1) is 13.2 Å². The SMILES string of the molecule is CCSCC(N)Cc1ccc(OC(F)(F)F)cc1. The van der Waals surface area contributed by atoms with Gasteiger partial charge in [-0.05, 0) is 29.9 Å². The summed E-state index contributed by atoms with van der Waals surface area (Å²) in [6.45, 7) is 2.06. The Labute approximate surface area is 109 Å². The fraction of sp³-hybridized carbons (Fsp3) is 0.500. The first kappa shape index (κ1) is 15.2. The topological polar surface area (TPSA) is 35.2 Å². The quantitative estimate of drug-likeness (QED) is 0.868. The maximum atomic E-state index is 11.9. The first-order valence-electron chi connectivity index (χ1n) is 5.58. The summed E-state index contributed by atoms with van der Waals surface area (Å²) in [7, 11) is 0. The van der Waals surface area contributed by atoms with Crippen LogP contribution in [-0.2, 0) is 6.42 Å². The molecule has 1 atom stereocenters. The van der Waals surface area contributed by atoms with Gasteiger partial charge < -0.3 is 10.5 Å². The molecule has 0 saturated carbocycles. The van der Waals surface area contributed by atoms with Gasteiger partial charge in [0.1, 0.15) is 5.75 Å². The molecule has 1 rings (SSSR count). The van der Waals surface area contributed by atoms with Gasteiger partial charge in [0.2, 0.25) is 0 Å². The highest BCUT2D eigenvalue weighted by Gasteiger charge is 2.30. The number of alkyl halides is 3. The van der Waals surface area contributed by atoms with Crippen LogP contribution in [0.2, 0.25) is 0 Å². The highest BCUT2D eigenvalue weighted by Crippen LogP contribution is 2.23. The Hall–Kier alpha value is -0.880. The van der Waals surface area contributed by atoms with Gasteiger partial charge in [0, 0.05) is 11.8 Å². The normalized spacial score (nSPS) is 13.4. The van der Waals surface area contributed by atoms with Crippen molar-refractivity contribution >= 4 is 11.8 Å². The first-order chi connectivity index (χ1) is 8.40. The number of hydrogen-bond acceptors (Lipinski definition) is 3. The van der Waals surface area contributed by atoms with Crippen molar-refractivity contribution in [3.63, 3.8) is 0 Å². The molecule has 0 fully saturated rings. The highest BCUT2D eigenvalue weighted by molar-refractivity contribution is 7.99. The van der Waals surface area contributed by atoms with Crippen LogP contribution < -0.4 is 10.5 Å². The molecule has 0 amide bonds. The zero-order chi connectivity index (χ0) is 13.6. The van der Waals surface area contributed by atoms with Crippen molar-refractivity contribution in [1.82, 2.24) is 0 Å². The molecule has 0 aliphatic heterocycles. The molecule has 0 bridgehead atoms. The first-order valence-corrected chi connectivity index (χ1v) is 6.74. The number of rotatable bonds is 6. The summed E-state index contributed by atoms with van der Waals surface area (Å²) in [5.41, 5.74) is 6.81. The van der Waals surface area contributed by atoms with Crippen LogP contribution in [0, 0.1) is 0 Å². The molecule has 6 heteroatoms. The Morgan fingerprint density at radius 1 is 1.28 bits per heavy atom. The molecule has 2 N–H and O–H groups in total. The number of ether oxygens (including phenoxy) is 1. The molecule has 18 heavy (non-hydrogen) atoms. The van der Waals surface area contributed by atoms with Crippen LogP contribution in [0.25, 0.3) is 0 Å². The van der Waals surface area contributed by atoms with Crippen molar-refractivity contribution in [2.24, 2.45) is 5.73 Å². The van der Waals surface area contributed by atoms with Crippen LogP contribution in [0.4, 0.5) is 13.2 Å². The van der Waals surface area contributed by atoms with E-state index in [9.17, 15) is 13.2 Å². The molecular weight excluding hydrogens is 263 g/mol. The lowest BCUT2D eigenvalue weighted by Crippen LogP contribution is -2.25. The maximum Gasteiger partial charge on any atom is 0.573 e. The van der Waals surface area contributed by atoms with Crippen molar-refractivity contribution in [3.05, 3.63) is 29.8 Å². The molecule has 1 aromatic rings. The second-order valence-electron chi connectivity index (χ2n) is 3.82. The van der Waals surface area contributed by atoms with Crippen molar-refractivity contribution < 1.29 is 17.9 Å². The minimum Gasteiger partial charge on any atom is -0.406 e. The number of thioether (sulfide) groups is 1. The lowest BCUT2D eigenvalue weighted by molar-refractivity contribution is -0.274. The van der Waals surface area contributed by atoms with E-state index in [0.29, 0.717) is 6.42 Å². The van der Waals surface area contributed by atoms with Gasteiger partial charge in [-0.1, -0.05) is 19.1 Å². The summed E-state index contributed by atoms with van der Waals surface area (Å²) in [6, 6.07) is 5.85. The van der Waals surface area contributed by atoms with Gasteiger partial charge in [-0.3, -0.25) is 0 Å². The Balaban J connectivity index is 2.50. The molecule has 0 spiro atoms. The minimum atomic E-state index is -4.64. The van der Waals surface area contributed by atoms with E-state index >= 15 is 0 Å². The number of halogens is 3. The second-order valence-corrected chi connectivity index (χ2v) is 5.13. The van der Waals surface area contributed by atoms with Crippen LogP contribution in [0.5, 0.6) is 5.75 Å². The average Bonchev–Trinajstić information content (AvgIpc) is 2.27. The summed E-state index contributed by atoms with van der Waals surface area (Å²) in [6.07, 6.45) is -3.99. The Bertz CT molecular complexity index is 353. The van der Waals surface area contributed by atoms with E-state index < -0.39 is 6.36 Å². The summed E-state index contributed by atoms with van der Waals surface area (Å²) in [5, 5.41) is 0. The molecule has 1 unspecified atom stereocenters. The monoisotopic (exact) mass is 279 g/mol. The van der Waals surface area contributed by atoms with Gasteiger partial charge >= 0.3 is 6.36 Å². The van der Waals surface area contributed by atoms with Crippen LogP contribution in [0.3, 0.4) is 0 Å². The van der Waals surface area contributed by atoms with E-state index in [2.05, 4.69) is 11.7 Å². The number of nitrogens with two attached hydrogens (primary N) is 1. The number of hydrogen-bond donors (Lipinski definition) is 1. The van der Waals surface area contributed by atoms with Crippen LogP contribution in [0.1, 0.15) is 12.5 Å². The maximum absolute atomic E-state index is 11.9. The predicted octanol–water partition coefficient (Wildman–Crippen LogP) is 3.21. The van der Waals surface area contributed by atoms with E-state index in [4.69, 9.17) is 5.73 Å². The van der Waals surface area contributed by atoms with Crippen molar-refractivity contribution in [2.75, 3.05) is 11.5 Å². The van der Waals surface area contributed by atoms with Gasteiger partial charge in [-0.25, -0.2) is 0 Å². The Kier molecular flexibility index (Phi) is 5.81. The van der Waals surface area contributed by atoms with Crippen LogP contribution in [-0.4, -0.2) is 23.9 Å². The zero-order valence-corrected chi connectivity index (χ0v) is 10.9. The molecule has 0 aliphatic carbocycles. The van der Waals surface area contributed by atoms with Crippen LogP contribution >= 0.6 is 11.8 Å². The standard InChI is InChI=1S/C12H16F3NOS/c1-2-18-8-10(16)7-9-3-5-11(6-4-9)17-12(13,14)15/h3-6,10H,2,7-8,16H2,1H3. The summed E-state index contributed by atoms with van der Waals surface area (Å²) in [5.74, 6) is 1.64. The number of benzene rings is 1. The van der Waals surface area contributed by atoms with Crippen molar-refractivity contribution in [3.8, 4) is 5.75 Å². The Morgan fingerprint density at radius 2 is 1.89 bits per heavy atom. The molecular formula is C12H16F3NOS. The molecule has 102 valence electrons. The predicted molar refractivity (Wildman–Crippen MR) is 67.8 cm³/mol. The summed E-state index contributed by atoms with van der Waals surface area (Å²) in [4.78, 5) is 0. The smallest absolute Gasteiger partial charge is 0.406 e. The lowest BCUT2D eigenvalue weighted by atomic mass is 10.1. The summed E-state index contributed by atoms with van der Waals surface area (Å²) < 4.78 is 39.6.